The van der Waals surface area contributed by atoms with E-state index < -0.39 is 0 Å². The zero-order chi connectivity index (χ0) is 18.1. The average Bonchev–Trinajstić information content (AvgIpc) is 3.10. The standard InChI is InChI=1S/C20H23N5O/c1-13(2)20-21-9-15-11-25(8-7-18(15)23-20)12-16-10-22-24-19(16)14-3-5-17(26)6-4-14/h3-6,9-10,13,26H,7-8,11-12H2,1-2H3,(H,22,24). The number of aromatic nitrogens is 4. The van der Waals surface area contributed by atoms with E-state index >= 15 is 0 Å². The topological polar surface area (TPSA) is 77.9 Å². The number of H-pyrrole nitrogens is 1. The molecule has 26 heavy (non-hydrogen) atoms. The van der Waals surface area contributed by atoms with Crippen molar-refractivity contribution in [1.82, 2.24) is 25.1 Å². The van der Waals surface area contributed by atoms with Crippen LogP contribution < -0.4 is 0 Å². The Morgan fingerprint density at radius 3 is 2.77 bits per heavy atom. The quantitative estimate of drug-likeness (QED) is 0.756. The monoisotopic (exact) mass is 349 g/mol. The van der Waals surface area contributed by atoms with E-state index in [2.05, 4.69) is 33.9 Å². The Bertz CT molecular complexity index is 901. The molecule has 0 aliphatic carbocycles. The summed E-state index contributed by atoms with van der Waals surface area (Å²) in [5, 5.41) is 16.8. The fourth-order valence-corrected chi connectivity index (χ4v) is 3.35. The third-order valence-corrected chi connectivity index (χ3v) is 4.82. The SMILES string of the molecule is CC(C)c1ncc2c(n1)CCN(Cc1cn[nH]c1-c1ccc(O)cc1)C2. The molecule has 0 amide bonds. The molecule has 0 atom stereocenters. The normalized spacial score (nSPS) is 14.6. The van der Waals surface area contributed by atoms with E-state index in [1.807, 2.05) is 24.5 Å². The molecule has 4 rings (SSSR count). The van der Waals surface area contributed by atoms with Gasteiger partial charge in [-0.25, -0.2) is 9.97 Å². The highest BCUT2D eigenvalue weighted by Gasteiger charge is 2.20. The van der Waals surface area contributed by atoms with Crippen LogP contribution in [0.1, 0.15) is 42.4 Å². The Labute approximate surface area is 152 Å². The van der Waals surface area contributed by atoms with Crippen molar-refractivity contribution in [2.75, 3.05) is 6.54 Å². The maximum atomic E-state index is 9.49. The van der Waals surface area contributed by atoms with Crippen molar-refractivity contribution in [2.45, 2.75) is 39.3 Å². The number of fused-ring (bicyclic) bond motifs is 1. The summed E-state index contributed by atoms with van der Waals surface area (Å²) >= 11 is 0. The smallest absolute Gasteiger partial charge is 0.131 e. The highest BCUT2D eigenvalue weighted by molar-refractivity contribution is 5.63. The number of aromatic hydroxyl groups is 1. The van der Waals surface area contributed by atoms with E-state index in [1.54, 1.807) is 12.1 Å². The summed E-state index contributed by atoms with van der Waals surface area (Å²) in [6, 6.07) is 7.19. The summed E-state index contributed by atoms with van der Waals surface area (Å²) in [4.78, 5) is 11.7. The molecule has 1 aliphatic rings. The molecule has 0 fully saturated rings. The minimum absolute atomic E-state index is 0.267. The van der Waals surface area contributed by atoms with Crippen molar-refractivity contribution < 1.29 is 5.11 Å². The van der Waals surface area contributed by atoms with Gasteiger partial charge in [0.05, 0.1) is 11.9 Å². The number of rotatable bonds is 4. The molecule has 2 aromatic heterocycles. The number of nitrogens with zero attached hydrogens (tertiary/aromatic N) is 4. The van der Waals surface area contributed by atoms with Crippen LogP contribution in [0.25, 0.3) is 11.3 Å². The molecule has 0 saturated heterocycles. The maximum Gasteiger partial charge on any atom is 0.131 e. The summed E-state index contributed by atoms with van der Waals surface area (Å²) in [5.41, 5.74) is 5.58. The van der Waals surface area contributed by atoms with E-state index in [0.717, 1.165) is 48.7 Å². The summed E-state index contributed by atoms with van der Waals surface area (Å²) in [6.07, 6.45) is 4.82. The van der Waals surface area contributed by atoms with Gasteiger partial charge in [-0.15, -0.1) is 0 Å². The van der Waals surface area contributed by atoms with Gasteiger partial charge in [0.2, 0.25) is 0 Å². The van der Waals surface area contributed by atoms with E-state index in [0.29, 0.717) is 5.92 Å². The first-order valence-corrected chi connectivity index (χ1v) is 8.99. The van der Waals surface area contributed by atoms with Gasteiger partial charge in [-0.2, -0.15) is 5.10 Å². The molecule has 0 saturated carbocycles. The van der Waals surface area contributed by atoms with E-state index in [1.165, 1.54) is 11.3 Å². The fourth-order valence-electron chi connectivity index (χ4n) is 3.35. The molecule has 0 radical (unpaired) electrons. The first kappa shape index (κ1) is 16.7. The first-order chi connectivity index (χ1) is 12.6. The Hall–Kier alpha value is -2.73. The molecular weight excluding hydrogens is 326 g/mol. The number of benzene rings is 1. The average molecular weight is 349 g/mol. The van der Waals surface area contributed by atoms with Gasteiger partial charge in [0.25, 0.3) is 0 Å². The Morgan fingerprint density at radius 1 is 1.19 bits per heavy atom. The number of nitrogens with one attached hydrogen (secondary N) is 1. The van der Waals surface area contributed by atoms with Gasteiger partial charge in [0.15, 0.2) is 0 Å². The second-order valence-corrected chi connectivity index (χ2v) is 7.13. The third-order valence-electron chi connectivity index (χ3n) is 4.82. The van der Waals surface area contributed by atoms with Crippen molar-refractivity contribution in [3.05, 3.63) is 59.3 Å². The molecule has 0 bridgehead atoms. The number of phenolic OH excluding ortho intramolecular Hbond substituents is 1. The van der Waals surface area contributed by atoms with Crippen LogP contribution in [0.5, 0.6) is 5.75 Å². The zero-order valence-electron chi connectivity index (χ0n) is 15.1. The lowest BCUT2D eigenvalue weighted by molar-refractivity contribution is 0.243. The Balaban J connectivity index is 1.51. The van der Waals surface area contributed by atoms with Gasteiger partial charge in [-0.3, -0.25) is 10.00 Å². The van der Waals surface area contributed by atoms with Crippen LogP contribution in [0.15, 0.2) is 36.7 Å². The van der Waals surface area contributed by atoms with Gasteiger partial charge < -0.3 is 5.11 Å². The third kappa shape index (κ3) is 3.32. The summed E-state index contributed by atoms with van der Waals surface area (Å²) in [5.74, 6) is 1.56. The van der Waals surface area contributed by atoms with Crippen LogP contribution in [-0.2, 0) is 19.5 Å². The van der Waals surface area contributed by atoms with E-state index in [4.69, 9.17) is 4.98 Å². The van der Waals surface area contributed by atoms with Gasteiger partial charge in [0.1, 0.15) is 11.6 Å². The zero-order valence-corrected chi connectivity index (χ0v) is 15.1. The molecule has 0 unspecified atom stereocenters. The van der Waals surface area contributed by atoms with Crippen LogP contribution in [-0.4, -0.2) is 36.7 Å². The van der Waals surface area contributed by atoms with Crippen LogP contribution >= 0.6 is 0 Å². The molecular formula is C20H23N5O. The number of hydrogen-bond acceptors (Lipinski definition) is 5. The Morgan fingerprint density at radius 2 is 2.00 bits per heavy atom. The lowest BCUT2D eigenvalue weighted by atomic mass is 10.0. The molecule has 3 aromatic rings. The predicted octanol–water partition coefficient (Wildman–Crippen LogP) is 3.25. The van der Waals surface area contributed by atoms with Crippen molar-refractivity contribution in [2.24, 2.45) is 0 Å². The number of hydrogen-bond donors (Lipinski definition) is 2. The van der Waals surface area contributed by atoms with Gasteiger partial charge in [0, 0.05) is 60.6 Å². The molecule has 134 valence electrons. The molecule has 2 N–H and O–H groups in total. The lowest BCUT2D eigenvalue weighted by Gasteiger charge is -2.28. The van der Waals surface area contributed by atoms with Crippen LogP contribution in [0.4, 0.5) is 0 Å². The molecule has 1 aromatic carbocycles. The van der Waals surface area contributed by atoms with Crippen LogP contribution in [0.2, 0.25) is 0 Å². The van der Waals surface area contributed by atoms with Crippen molar-refractivity contribution in [3.8, 4) is 17.0 Å². The van der Waals surface area contributed by atoms with Crippen molar-refractivity contribution in [1.29, 1.82) is 0 Å². The van der Waals surface area contributed by atoms with Gasteiger partial charge in [-0.1, -0.05) is 13.8 Å². The first-order valence-electron chi connectivity index (χ1n) is 8.99. The van der Waals surface area contributed by atoms with Crippen LogP contribution in [0, 0.1) is 0 Å². The lowest BCUT2D eigenvalue weighted by Crippen LogP contribution is -2.31. The molecule has 3 heterocycles. The summed E-state index contributed by atoms with van der Waals surface area (Å²) < 4.78 is 0. The molecule has 6 heteroatoms. The summed E-state index contributed by atoms with van der Waals surface area (Å²) in [7, 11) is 0. The van der Waals surface area contributed by atoms with Crippen molar-refractivity contribution >= 4 is 0 Å². The van der Waals surface area contributed by atoms with Crippen molar-refractivity contribution in [3.63, 3.8) is 0 Å². The van der Waals surface area contributed by atoms with Gasteiger partial charge in [-0.05, 0) is 24.3 Å². The predicted molar refractivity (Wildman–Crippen MR) is 99.6 cm³/mol. The summed E-state index contributed by atoms with van der Waals surface area (Å²) in [6.45, 7) is 6.90. The highest BCUT2D eigenvalue weighted by atomic mass is 16.3. The second kappa shape index (κ2) is 6.88. The highest BCUT2D eigenvalue weighted by Crippen LogP contribution is 2.26. The van der Waals surface area contributed by atoms with Crippen LogP contribution in [0.3, 0.4) is 0 Å². The number of phenols is 1. The van der Waals surface area contributed by atoms with E-state index in [-0.39, 0.29) is 5.75 Å². The molecule has 6 nitrogen and oxygen atoms in total. The fraction of sp³-hybridized carbons (Fsp3) is 0.350. The largest absolute Gasteiger partial charge is 0.508 e. The molecule has 0 spiro atoms. The minimum Gasteiger partial charge on any atom is -0.508 e. The second-order valence-electron chi connectivity index (χ2n) is 7.13. The number of aromatic amines is 1. The van der Waals surface area contributed by atoms with Gasteiger partial charge >= 0.3 is 0 Å². The maximum absolute atomic E-state index is 9.49. The minimum atomic E-state index is 0.267. The molecule has 1 aliphatic heterocycles. The van der Waals surface area contributed by atoms with E-state index in [9.17, 15) is 5.11 Å². The Kier molecular flexibility index (Phi) is 4.42.